The molecular formula is C23H26ClFO4. The lowest BCUT2D eigenvalue weighted by molar-refractivity contribution is -0.145. The van der Waals surface area contributed by atoms with Gasteiger partial charge in [-0.1, -0.05) is 43.7 Å². The van der Waals surface area contributed by atoms with Crippen molar-refractivity contribution in [1.82, 2.24) is 0 Å². The van der Waals surface area contributed by atoms with E-state index < -0.39 is 11.8 Å². The van der Waals surface area contributed by atoms with Gasteiger partial charge in [-0.15, -0.1) is 0 Å². The van der Waals surface area contributed by atoms with E-state index in [1.807, 2.05) is 20.8 Å². The first kappa shape index (κ1) is 22.8. The first-order chi connectivity index (χ1) is 13.6. The van der Waals surface area contributed by atoms with Crippen LogP contribution in [0.25, 0.3) is 5.57 Å². The van der Waals surface area contributed by atoms with E-state index in [1.54, 1.807) is 25.1 Å². The zero-order valence-electron chi connectivity index (χ0n) is 17.1. The highest BCUT2D eigenvalue weighted by Crippen LogP contribution is 2.35. The molecule has 0 aliphatic rings. The molecule has 1 N–H and O–H groups in total. The molecule has 0 fully saturated rings. The third-order valence-corrected chi connectivity index (χ3v) is 4.81. The van der Waals surface area contributed by atoms with E-state index >= 15 is 0 Å². The van der Waals surface area contributed by atoms with Crippen LogP contribution in [0.4, 0.5) is 4.39 Å². The second kappa shape index (κ2) is 9.79. The van der Waals surface area contributed by atoms with Gasteiger partial charge in [0.1, 0.15) is 17.3 Å². The highest BCUT2D eigenvalue weighted by atomic mass is 35.5. The average molecular weight is 421 g/mol. The molecule has 2 rings (SSSR count). The van der Waals surface area contributed by atoms with Crippen molar-refractivity contribution in [3.8, 4) is 11.5 Å². The number of hydrogen-bond acceptors (Lipinski definition) is 4. The summed E-state index contributed by atoms with van der Waals surface area (Å²) >= 11 is 6.48. The molecule has 2 aromatic carbocycles. The summed E-state index contributed by atoms with van der Waals surface area (Å²) in [5.41, 5.74) is 2.85. The van der Waals surface area contributed by atoms with E-state index in [-0.39, 0.29) is 36.9 Å². The molecule has 156 valence electrons. The van der Waals surface area contributed by atoms with Crippen LogP contribution >= 0.6 is 11.6 Å². The second-order valence-electron chi connectivity index (χ2n) is 7.11. The standard InChI is InChI=1S/C23H26ClFO4/c1-6-28-21(27)12-29-16-10-17(13(2)3)18(19(24)11-16)9-15-7-8-20(26)22(14(4)5)23(15)25/h7-8,10-11,14,26H,2,6,9,12H2,1,3-5H3. The summed E-state index contributed by atoms with van der Waals surface area (Å²) in [6.45, 7) is 11.2. The van der Waals surface area contributed by atoms with Crippen LogP contribution in [-0.2, 0) is 16.0 Å². The molecule has 4 nitrogen and oxygen atoms in total. The normalized spacial score (nSPS) is 10.9. The summed E-state index contributed by atoms with van der Waals surface area (Å²) in [6.07, 6.45) is 0.227. The Kier molecular flexibility index (Phi) is 7.68. The Morgan fingerprint density at radius 2 is 2.00 bits per heavy atom. The highest BCUT2D eigenvalue weighted by molar-refractivity contribution is 6.31. The van der Waals surface area contributed by atoms with Crippen molar-refractivity contribution in [3.63, 3.8) is 0 Å². The lowest BCUT2D eigenvalue weighted by Gasteiger charge is -2.17. The minimum absolute atomic E-state index is 0.0600. The van der Waals surface area contributed by atoms with Crippen LogP contribution in [0.5, 0.6) is 11.5 Å². The van der Waals surface area contributed by atoms with Crippen molar-refractivity contribution in [1.29, 1.82) is 0 Å². The van der Waals surface area contributed by atoms with Gasteiger partial charge in [0.2, 0.25) is 0 Å². The van der Waals surface area contributed by atoms with Crippen LogP contribution in [0.2, 0.25) is 5.02 Å². The summed E-state index contributed by atoms with van der Waals surface area (Å²) in [6, 6.07) is 6.37. The Morgan fingerprint density at radius 3 is 2.59 bits per heavy atom. The summed E-state index contributed by atoms with van der Waals surface area (Å²) < 4.78 is 25.3. The van der Waals surface area contributed by atoms with E-state index in [1.165, 1.54) is 6.07 Å². The Morgan fingerprint density at radius 1 is 1.31 bits per heavy atom. The van der Waals surface area contributed by atoms with Gasteiger partial charge in [-0.05, 0) is 54.7 Å². The molecule has 0 bridgehead atoms. The van der Waals surface area contributed by atoms with Crippen molar-refractivity contribution in [2.24, 2.45) is 0 Å². The van der Waals surface area contributed by atoms with Crippen LogP contribution in [-0.4, -0.2) is 24.3 Å². The molecule has 0 atom stereocenters. The summed E-state index contributed by atoms with van der Waals surface area (Å²) in [4.78, 5) is 11.5. The van der Waals surface area contributed by atoms with Crippen LogP contribution in [0, 0.1) is 5.82 Å². The molecule has 0 aliphatic heterocycles. The summed E-state index contributed by atoms with van der Waals surface area (Å²) in [5, 5.41) is 10.4. The Balaban J connectivity index is 2.40. The van der Waals surface area contributed by atoms with Gasteiger partial charge in [0.15, 0.2) is 6.61 Å². The van der Waals surface area contributed by atoms with Crippen molar-refractivity contribution < 1.29 is 23.8 Å². The fourth-order valence-corrected chi connectivity index (χ4v) is 3.38. The Hall–Kier alpha value is -2.53. The molecule has 0 aliphatic carbocycles. The molecule has 0 amide bonds. The number of ether oxygens (including phenoxy) is 2. The maximum Gasteiger partial charge on any atom is 0.344 e. The number of allylic oxidation sites excluding steroid dienone is 1. The number of hydrogen-bond donors (Lipinski definition) is 1. The lowest BCUT2D eigenvalue weighted by Crippen LogP contribution is -2.14. The number of rotatable bonds is 8. The number of esters is 1. The van der Waals surface area contributed by atoms with Gasteiger partial charge >= 0.3 is 5.97 Å². The number of carbonyl (C=O) groups excluding carboxylic acids is 1. The van der Waals surface area contributed by atoms with E-state index in [9.17, 15) is 14.3 Å². The zero-order valence-corrected chi connectivity index (χ0v) is 17.9. The van der Waals surface area contributed by atoms with Gasteiger partial charge in [0.05, 0.1) is 6.61 Å². The van der Waals surface area contributed by atoms with Crippen molar-refractivity contribution >= 4 is 23.1 Å². The molecular weight excluding hydrogens is 395 g/mol. The molecule has 0 unspecified atom stereocenters. The van der Waals surface area contributed by atoms with Gasteiger partial charge < -0.3 is 14.6 Å². The fourth-order valence-electron chi connectivity index (χ4n) is 3.10. The van der Waals surface area contributed by atoms with Gasteiger partial charge in [-0.25, -0.2) is 9.18 Å². The largest absolute Gasteiger partial charge is 0.508 e. The maximum absolute atomic E-state index is 15.0. The number of phenolic OH excluding ortho intramolecular Hbond substituents is 1. The molecule has 0 saturated carbocycles. The van der Waals surface area contributed by atoms with E-state index in [0.717, 1.165) is 11.1 Å². The van der Waals surface area contributed by atoms with Crippen molar-refractivity contribution in [2.45, 2.75) is 40.0 Å². The molecule has 0 heterocycles. The quantitative estimate of drug-likeness (QED) is 0.542. The number of halogens is 2. The molecule has 0 spiro atoms. The molecule has 0 aromatic heterocycles. The highest BCUT2D eigenvalue weighted by Gasteiger charge is 2.19. The van der Waals surface area contributed by atoms with Crippen molar-refractivity contribution in [3.05, 3.63) is 63.9 Å². The predicted octanol–water partition coefficient (Wildman–Crippen LogP) is 5.87. The SMILES string of the molecule is C=C(C)c1cc(OCC(=O)OCC)cc(Cl)c1Cc1ccc(O)c(C(C)C)c1F. The molecule has 0 saturated heterocycles. The number of aromatic hydroxyl groups is 1. The van der Waals surface area contributed by atoms with E-state index in [2.05, 4.69) is 6.58 Å². The molecule has 6 heteroatoms. The predicted molar refractivity (Wildman–Crippen MR) is 113 cm³/mol. The van der Waals surface area contributed by atoms with Gasteiger partial charge in [0.25, 0.3) is 0 Å². The van der Waals surface area contributed by atoms with Gasteiger partial charge in [-0.3, -0.25) is 0 Å². The van der Waals surface area contributed by atoms with Gasteiger partial charge in [0, 0.05) is 17.0 Å². The first-order valence-electron chi connectivity index (χ1n) is 9.42. The van der Waals surface area contributed by atoms with Crippen molar-refractivity contribution in [2.75, 3.05) is 13.2 Å². The van der Waals surface area contributed by atoms with Crippen LogP contribution in [0.3, 0.4) is 0 Å². The minimum atomic E-state index is -0.475. The fraction of sp³-hybridized carbons (Fsp3) is 0.348. The Bertz CT molecular complexity index is 922. The monoisotopic (exact) mass is 420 g/mol. The number of benzene rings is 2. The van der Waals surface area contributed by atoms with Gasteiger partial charge in [-0.2, -0.15) is 0 Å². The molecule has 29 heavy (non-hydrogen) atoms. The third-order valence-electron chi connectivity index (χ3n) is 4.47. The summed E-state index contributed by atoms with van der Waals surface area (Å²) in [5.74, 6) is -0.734. The summed E-state index contributed by atoms with van der Waals surface area (Å²) in [7, 11) is 0. The smallest absolute Gasteiger partial charge is 0.344 e. The molecule has 0 radical (unpaired) electrons. The van der Waals surface area contributed by atoms with Crippen LogP contribution in [0.15, 0.2) is 30.8 Å². The average Bonchev–Trinajstić information content (AvgIpc) is 2.63. The van der Waals surface area contributed by atoms with E-state index in [4.69, 9.17) is 21.1 Å². The number of phenols is 1. The Labute approximate surface area is 175 Å². The lowest BCUT2D eigenvalue weighted by atomic mass is 9.92. The minimum Gasteiger partial charge on any atom is -0.508 e. The maximum atomic E-state index is 15.0. The first-order valence-corrected chi connectivity index (χ1v) is 9.80. The van der Waals surface area contributed by atoms with Crippen LogP contribution < -0.4 is 4.74 Å². The topological polar surface area (TPSA) is 55.8 Å². The van der Waals surface area contributed by atoms with E-state index in [0.29, 0.717) is 21.9 Å². The van der Waals surface area contributed by atoms with Crippen LogP contribution in [0.1, 0.15) is 55.9 Å². The molecule has 2 aromatic rings. The number of carbonyl (C=O) groups is 1. The third kappa shape index (κ3) is 5.51. The zero-order chi connectivity index (χ0) is 21.7. The second-order valence-corrected chi connectivity index (χ2v) is 7.52.